The average molecular weight is 280 g/mol. The first kappa shape index (κ1) is 14.1. The number of carbonyl (C=O) groups excluding carboxylic acids is 2. The van der Waals surface area contributed by atoms with Crippen LogP contribution >= 0.6 is 11.3 Å². The van der Waals surface area contributed by atoms with Gasteiger partial charge in [0, 0.05) is 28.8 Å². The average Bonchev–Trinajstić information content (AvgIpc) is 2.74. The first-order chi connectivity index (χ1) is 9.06. The van der Waals surface area contributed by atoms with Crippen LogP contribution in [0.2, 0.25) is 0 Å². The largest absolute Gasteiger partial charge is 0.370 e. The molecular formula is C14H20N2O2S. The van der Waals surface area contributed by atoms with Crippen molar-refractivity contribution in [2.75, 3.05) is 6.54 Å². The Labute approximate surface area is 117 Å². The maximum absolute atomic E-state index is 12.3. The van der Waals surface area contributed by atoms with E-state index >= 15 is 0 Å². The second-order valence-electron chi connectivity index (χ2n) is 5.10. The van der Waals surface area contributed by atoms with Gasteiger partial charge >= 0.3 is 0 Å². The molecule has 0 aromatic carbocycles. The van der Waals surface area contributed by atoms with Crippen LogP contribution < -0.4 is 5.73 Å². The molecule has 1 aromatic heterocycles. The normalized spacial score (nSPS) is 19.4. The fourth-order valence-electron chi connectivity index (χ4n) is 2.60. The maximum Gasteiger partial charge on any atom is 0.228 e. The molecule has 19 heavy (non-hydrogen) atoms. The summed E-state index contributed by atoms with van der Waals surface area (Å²) in [7, 11) is 0. The standard InChI is InChI=1S/C14H20N2O2S/c1-10-5-6-12(19-10)9-14(18)16-7-3-2-4-11(16)8-13(15)17/h5-6,11H,2-4,7-9H2,1H3,(H2,15,17)/t11-/m1/s1. The lowest BCUT2D eigenvalue weighted by atomic mass is 9.98. The number of primary amides is 1. The van der Waals surface area contributed by atoms with Gasteiger partial charge in [-0.1, -0.05) is 0 Å². The summed E-state index contributed by atoms with van der Waals surface area (Å²) in [5.41, 5.74) is 5.27. The minimum atomic E-state index is -0.323. The van der Waals surface area contributed by atoms with Crippen LogP contribution in [0.4, 0.5) is 0 Å². The highest BCUT2D eigenvalue weighted by molar-refractivity contribution is 7.12. The molecule has 2 N–H and O–H groups in total. The third-order valence-electron chi connectivity index (χ3n) is 3.51. The zero-order chi connectivity index (χ0) is 13.8. The van der Waals surface area contributed by atoms with Gasteiger partial charge in [0.15, 0.2) is 0 Å². The van der Waals surface area contributed by atoms with Gasteiger partial charge in [0.25, 0.3) is 0 Å². The number of amides is 2. The van der Waals surface area contributed by atoms with E-state index in [9.17, 15) is 9.59 Å². The zero-order valence-electron chi connectivity index (χ0n) is 11.2. The maximum atomic E-state index is 12.3. The molecule has 0 radical (unpaired) electrons. The van der Waals surface area contributed by atoms with Crippen molar-refractivity contribution in [3.05, 3.63) is 21.9 Å². The quantitative estimate of drug-likeness (QED) is 0.915. The summed E-state index contributed by atoms with van der Waals surface area (Å²) >= 11 is 1.66. The fraction of sp³-hybridized carbons (Fsp3) is 0.571. The summed E-state index contributed by atoms with van der Waals surface area (Å²) in [6, 6.07) is 4.04. The highest BCUT2D eigenvalue weighted by atomic mass is 32.1. The molecule has 4 nitrogen and oxygen atoms in total. The molecule has 2 rings (SSSR count). The van der Waals surface area contributed by atoms with E-state index < -0.39 is 0 Å². The van der Waals surface area contributed by atoms with Gasteiger partial charge < -0.3 is 10.6 Å². The molecule has 0 saturated carbocycles. The van der Waals surface area contributed by atoms with E-state index in [1.54, 1.807) is 11.3 Å². The molecule has 0 bridgehead atoms. The van der Waals surface area contributed by atoms with Crippen molar-refractivity contribution < 1.29 is 9.59 Å². The van der Waals surface area contributed by atoms with Crippen molar-refractivity contribution in [3.63, 3.8) is 0 Å². The SMILES string of the molecule is Cc1ccc(CC(=O)N2CCCC[C@@H]2CC(N)=O)s1. The third kappa shape index (κ3) is 3.80. The molecule has 2 amide bonds. The van der Waals surface area contributed by atoms with Crippen molar-refractivity contribution in [1.82, 2.24) is 4.90 Å². The van der Waals surface area contributed by atoms with Crippen LogP contribution in [0.1, 0.15) is 35.4 Å². The Bertz CT molecular complexity index is 470. The summed E-state index contributed by atoms with van der Waals surface area (Å²) in [5, 5.41) is 0. The molecule has 0 aliphatic carbocycles. The van der Waals surface area contributed by atoms with E-state index in [0.29, 0.717) is 6.42 Å². The van der Waals surface area contributed by atoms with Crippen LogP contribution in [-0.4, -0.2) is 29.3 Å². The van der Waals surface area contributed by atoms with Crippen molar-refractivity contribution in [2.45, 2.75) is 45.1 Å². The molecule has 1 aromatic rings. The highest BCUT2D eigenvalue weighted by Gasteiger charge is 2.27. The van der Waals surface area contributed by atoms with E-state index in [1.165, 1.54) is 4.88 Å². The second-order valence-corrected chi connectivity index (χ2v) is 6.47. The molecule has 1 fully saturated rings. The van der Waals surface area contributed by atoms with Crippen LogP contribution in [-0.2, 0) is 16.0 Å². The van der Waals surface area contributed by atoms with Crippen LogP contribution in [0.5, 0.6) is 0 Å². The number of nitrogens with two attached hydrogens (primary N) is 1. The highest BCUT2D eigenvalue weighted by Crippen LogP contribution is 2.22. The zero-order valence-corrected chi connectivity index (χ0v) is 12.0. The lowest BCUT2D eigenvalue weighted by Crippen LogP contribution is -2.46. The Balaban J connectivity index is 2.00. The molecule has 1 aliphatic rings. The molecule has 2 heterocycles. The first-order valence-corrected chi connectivity index (χ1v) is 7.51. The molecule has 1 aliphatic heterocycles. The number of thiophene rings is 1. The summed E-state index contributed by atoms with van der Waals surface area (Å²) in [6.07, 6.45) is 3.70. The van der Waals surface area contributed by atoms with Gasteiger partial charge in [0.05, 0.1) is 6.42 Å². The first-order valence-electron chi connectivity index (χ1n) is 6.69. The van der Waals surface area contributed by atoms with Crippen LogP contribution in [0.25, 0.3) is 0 Å². The Hall–Kier alpha value is -1.36. The second kappa shape index (κ2) is 6.19. The molecule has 0 unspecified atom stereocenters. The monoisotopic (exact) mass is 280 g/mol. The number of hydrogen-bond acceptors (Lipinski definition) is 3. The third-order valence-corrected chi connectivity index (χ3v) is 4.51. The van der Waals surface area contributed by atoms with Crippen LogP contribution in [0.15, 0.2) is 12.1 Å². The van der Waals surface area contributed by atoms with Gasteiger partial charge in [-0.15, -0.1) is 11.3 Å². The van der Waals surface area contributed by atoms with Gasteiger partial charge in [-0.25, -0.2) is 0 Å². The number of aryl methyl sites for hydroxylation is 1. The molecular weight excluding hydrogens is 260 g/mol. The van der Waals surface area contributed by atoms with Gasteiger partial charge in [-0.2, -0.15) is 0 Å². The molecule has 1 atom stereocenters. The summed E-state index contributed by atoms with van der Waals surface area (Å²) in [4.78, 5) is 27.6. The van der Waals surface area contributed by atoms with Crippen LogP contribution in [0.3, 0.4) is 0 Å². The van der Waals surface area contributed by atoms with Crippen LogP contribution in [0, 0.1) is 6.92 Å². The smallest absolute Gasteiger partial charge is 0.228 e. The fourth-order valence-corrected chi connectivity index (χ4v) is 3.49. The predicted octanol–water partition coefficient (Wildman–Crippen LogP) is 1.86. The Morgan fingerprint density at radius 1 is 1.42 bits per heavy atom. The van der Waals surface area contributed by atoms with Gasteiger partial charge in [0.2, 0.25) is 11.8 Å². The van der Waals surface area contributed by atoms with Crippen molar-refractivity contribution in [2.24, 2.45) is 5.73 Å². The van der Waals surface area contributed by atoms with Gasteiger partial charge in [-0.3, -0.25) is 9.59 Å². The summed E-state index contributed by atoms with van der Waals surface area (Å²) < 4.78 is 0. The van der Waals surface area contributed by atoms with Crippen molar-refractivity contribution in [1.29, 1.82) is 0 Å². The van der Waals surface area contributed by atoms with E-state index in [0.717, 1.165) is 30.7 Å². The predicted molar refractivity (Wildman–Crippen MR) is 75.9 cm³/mol. The van der Waals surface area contributed by atoms with Gasteiger partial charge in [0.1, 0.15) is 0 Å². The number of rotatable bonds is 4. The summed E-state index contributed by atoms with van der Waals surface area (Å²) in [6.45, 7) is 2.79. The number of hydrogen-bond donors (Lipinski definition) is 1. The lowest BCUT2D eigenvalue weighted by molar-refractivity contribution is -0.135. The lowest BCUT2D eigenvalue weighted by Gasteiger charge is -2.35. The Morgan fingerprint density at radius 3 is 2.84 bits per heavy atom. The van der Waals surface area contributed by atoms with Crippen molar-refractivity contribution >= 4 is 23.2 Å². The number of carbonyl (C=O) groups is 2. The Kier molecular flexibility index (Phi) is 4.58. The van der Waals surface area contributed by atoms with Crippen molar-refractivity contribution in [3.8, 4) is 0 Å². The molecule has 0 spiro atoms. The van der Waals surface area contributed by atoms with E-state index in [1.807, 2.05) is 24.0 Å². The van der Waals surface area contributed by atoms with E-state index in [4.69, 9.17) is 5.73 Å². The number of nitrogens with zero attached hydrogens (tertiary/aromatic N) is 1. The topological polar surface area (TPSA) is 63.4 Å². The Morgan fingerprint density at radius 2 is 2.21 bits per heavy atom. The molecule has 1 saturated heterocycles. The summed E-state index contributed by atoms with van der Waals surface area (Å²) in [5.74, 6) is -0.204. The minimum Gasteiger partial charge on any atom is -0.370 e. The number of likely N-dealkylation sites (tertiary alicyclic amines) is 1. The molecule has 104 valence electrons. The molecule has 5 heteroatoms. The van der Waals surface area contributed by atoms with E-state index in [-0.39, 0.29) is 24.3 Å². The number of piperidine rings is 1. The van der Waals surface area contributed by atoms with E-state index in [2.05, 4.69) is 0 Å². The van der Waals surface area contributed by atoms with Gasteiger partial charge in [-0.05, 0) is 38.3 Å². The minimum absolute atomic E-state index is 0.000177.